The molecular weight excluding hydrogens is 414 g/mol. The number of rotatable bonds is 5. The van der Waals surface area contributed by atoms with Gasteiger partial charge in [-0.3, -0.25) is 4.79 Å². The van der Waals surface area contributed by atoms with Crippen LogP contribution < -0.4 is 9.47 Å². The van der Waals surface area contributed by atoms with Crippen LogP contribution in [-0.2, 0) is 15.6 Å². The van der Waals surface area contributed by atoms with E-state index >= 15 is 0 Å². The van der Waals surface area contributed by atoms with Crippen molar-refractivity contribution in [2.75, 3.05) is 14.2 Å². The lowest BCUT2D eigenvalue weighted by atomic mass is 9.69. The molecule has 0 amide bonds. The molecule has 33 heavy (non-hydrogen) atoms. The Morgan fingerprint density at radius 2 is 1.18 bits per heavy atom. The number of methoxy groups -OCH3 is 2. The second-order valence-electron chi connectivity index (χ2n) is 9.16. The molecule has 1 N–H and O–H groups in total. The number of benzene rings is 2. The van der Waals surface area contributed by atoms with Crippen molar-refractivity contribution in [3.8, 4) is 17.6 Å². The van der Waals surface area contributed by atoms with Crippen molar-refractivity contribution in [2.24, 2.45) is 0 Å². The van der Waals surface area contributed by atoms with E-state index in [1.54, 1.807) is 14.2 Å². The minimum Gasteiger partial charge on any atom is -0.497 e. The predicted octanol–water partition coefficient (Wildman–Crippen LogP) is 6.40. The molecule has 2 saturated carbocycles. The summed E-state index contributed by atoms with van der Waals surface area (Å²) >= 11 is 0. The van der Waals surface area contributed by atoms with E-state index in [1.807, 2.05) is 48.5 Å². The number of carbonyl (C=O) groups is 1. The van der Waals surface area contributed by atoms with Gasteiger partial charge in [-0.05, 0) is 61.1 Å². The molecule has 0 atom stereocenters. The molecule has 0 bridgehead atoms. The Hall–Kier alpha value is -3.00. The highest BCUT2D eigenvalue weighted by atomic mass is 16.5. The van der Waals surface area contributed by atoms with E-state index in [2.05, 4.69) is 6.07 Å². The van der Waals surface area contributed by atoms with Crippen LogP contribution in [0.15, 0.2) is 48.5 Å². The quantitative estimate of drug-likeness (QED) is 0.571. The lowest BCUT2D eigenvalue weighted by Gasteiger charge is -2.33. The highest BCUT2D eigenvalue weighted by Gasteiger charge is 2.41. The first-order valence-corrected chi connectivity index (χ1v) is 11.9. The Balaban J connectivity index is 0.000000186. The van der Waals surface area contributed by atoms with Crippen molar-refractivity contribution in [1.82, 2.24) is 0 Å². The standard InChI is InChI=1S/C14H17NO.C14H18O3/c1-16-13-7-5-12(6-8-13)14(11-15)9-3-2-4-10-14;1-17-12-7-5-11(6-8-12)14(13(15)16)9-3-2-4-10-14/h5-8H,2-4,9-10H2,1H3;5-8H,2-4,9-10H2,1H3,(H,15,16). The summed E-state index contributed by atoms with van der Waals surface area (Å²) in [7, 11) is 3.28. The Kier molecular flexibility index (Phi) is 8.38. The molecule has 2 aromatic carbocycles. The zero-order valence-corrected chi connectivity index (χ0v) is 19.8. The van der Waals surface area contributed by atoms with Gasteiger partial charge in [0.1, 0.15) is 11.5 Å². The molecule has 176 valence electrons. The topological polar surface area (TPSA) is 79.5 Å². The summed E-state index contributed by atoms with van der Waals surface area (Å²) in [5.74, 6) is 0.931. The van der Waals surface area contributed by atoms with E-state index in [0.29, 0.717) is 0 Å². The minimum absolute atomic E-state index is 0.246. The van der Waals surface area contributed by atoms with Crippen LogP contribution in [0.4, 0.5) is 0 Å². The molecule has 5 heteroatoms. The number of carboxylic acid groups (broad SMARTS) is 1. The average molecular weight is 450 g/mol. The van der Waals surface area contributed by atoms with E-state index in [4.69, 9.17) is 9.47 Å². The van der Waals surface area contributed by atoms with Gasteiger partial charge in [0.2, 0.25) is 0 Å². The first-order chi connectivity index (χ1) is 16.0. The van der Waals surface area contributed by atoms with Crippen molar-refractivity contribution in [1.29, 1.82) is 5.26 Å². The summed E-state index contributed by atoms with van der Waals surface area (Å²) in [6, 6.07) is 18.0. The molecule has 0 radical (unpaired) electrons. The fraction of sp³-hybridized carbons (Fsp3) is 0.500. The van der Waals surface area contributed by atoms with Crippen LogP contribution in [0, 0.1) is 11.3 Å². The molecule has 2 aliphatic rings. The summed E-state index contributed by atoms with van der Waals surface area (Å²) in [5.41, 5.74) is 1.13. The van der Waals surface area contributed by atoms with Crippen LogP contribution in [0.5, 0.6) is 11.5 Å². The van der Waals surface area contributed by atoms with Gasteiger partial charge in [-0.2, -0.15) is 5.26 Å². The largest absolute Gasteiger partial charge is 0.497 e. The average Bonchev–Trinajstić information content (AvgIpc) is 2.90. The third-order valence-electron chi connectivity index (χ3n) is 7.32. The van der Waals surface area contributed by atoms with Gasteiger partial charge in [0, 0.05) is 0 Å². The zero-order valence-electron chi connectivity index (χ0n) is 19.8. The number of nitriles is 1. The van der Waals surface area contributed by atoms with E-state index < -0.39 is 11.4 Å². The number of nitrogens with zero attached hydrogens (tertiary/aromatic N) is 1. The monoisotopic (exact) mass is 449 g/mol. The van der Waals surface area contributed by atoms with Gasteiger partial charge >= 0.3 is 5.97 Å². The van der Waals surface area contributed by atoms with Gasteiger partial charge in [-0.15, -0.1) is 0 Å². The second kappa shape index (κ2) is 11.2. The van der Waals surface area contributed by atoms with Crippen LogP contribution in [0.3, 0.4) is 0 Å². The van der Waals surface area contributed by atoms with Gasteiger partial charge in [0.05, 0.1) is 31.1 Å². The first-order valence-electron chi connectivity index (χ1n) is 11.9. The van der Waals surface area contributed by atoms with Crippen LogP contribution in [-0.4, -0.2) is 25.3 Å². The van der Waals surface area contributed by atoms with Gasteiger partial charge in [0.25, 0.3) is 0 Å². The molecule has 4 rings (SSSR count). The Labute approximate surface area is 197 Å². The number of hydrogen-bond acceptors (Lipinski definition) is 4. The van der Waals surface area contributed by atoms with Crippen LogP contribution in [0.2, 0.25) is 0 Å². The Bertz CT molecular complexity index is 931. The van der Waals surface area contributed by atoms with Crippen LogP contribution in [0.25, 0.3) is 0 Å². The molecule has 0 spiro atoms. The smallest absolute Gasteiger partial charge is 0.314 e. The third-order valence-corrected chi connectivity index (χ3v) is 7.32. The summed E-state index contributed by atoms with van der Waals surface area (Å²) in [5, 5.41) is 19.0. The highest BCUT2D eigenvalue weighted by molar-refractivity contribution is 5.81. The Morgan fingerprint density at radius 3 is 1.58 bits per heavy atom. The molecule has 2 fully saturated rings. The van der Waals surface area contributed by atoms with Gasteiger partial charge in [0.15, 0.2) is 0 Å². The summed E-state index contributed by atoms with van der Waals surface area (Å²) in [6.45, 7) is 0. The second-order valence-corrected chi connectivity index (χ2v) is 9.16. The van der Waals surface area contributed by atoms with E-state index in [9.17, 15) is 15.2 Å². The summed E-state index contributed by atoms with van der Waals surface area (Å²) in [4.78, 5) is 11.6. The lowest BCUT2D eigenvalue weighted by molar-refractivity contribution is -0.145. The van der Waals surface area contributed by atoms with E-state index in [0.717, 1.165) is 67.6 Å². The zero-order chi connectivity index (χ0) is 23.7. The lowest BCUT2D eigenvalue weighted by Crippen LogP contribution is -2.37. The maximum Gasteiger partial charge on any atom is 0.314 e. The fourth-order valence-electron chi connectivity index (χ4n) is 5.22. The minimum atomic E-state index is -0.692. The van der Waals surface area contributed by atoms with Crippen molar-refractivity contribution in [2.45, 2.75) is 75.0 Å². The number of ether oxygens (including phenoxy) is 2. The predicted molar refractivity (Wildman–Crippen MR) is 129 cm³/mol. The highest BCUT2D eigenvalue weighted by Crippen LogP contribution is 2.40. The first kappa shape index (κ1) is 24.6. The third kappa shape index (κ3) is 5.50. The molecule has 0 unspecified atom stereocenters. The normalized spacial score (nSPS) is 18.7. The molecule has 0 heterocycles. The van der Waals surface area contributed by atoms with Crippen molar-refractivity contribution in [3.63, 3.8) is 0 Å². The maximum absolute atomic E-state index is 11.6. The molecule has 2 aromatic rings. The number of aliphatic carboxylic acids is 1. The molecule has 0 aromatic heterocycles. The van der Waals surface area contributed by atoms with Crippen LogP contribution >= 0.6 is 0 Å². The van der Waals surface area contributed by atoms with Crippen molar-refractivity contribution < 1.29 is 19.4 Å². The molecular formula is C28H35NO4. The maximum atomic E-state index is 11.6. The molecule has 5 nitrogen and oxygen atoms in total. The van der Waals surface area contributed by atoms with E-state index in [-0.39, 0.29) is 5.41 Å². The van der Waals surface area contributed by atoms with Gasteiger partial charge < -0.3 is 14.6 Å². The van der Waals surface area contributed by atoms with Gasteiger partial charge in [-0.25, -0.2) is 0 Å². The Morgan fingerprint density at radius 1 is 0.758 bits per heavy atom. The summed E-state index contributed by atoms with van der Waals surface area (Å²) < 4.78 is 10.2. The van der Waals surface area contributed by atoms with Crippen molar-refractivity contribution >= 4 is 5.97 Å². The van der Waals surface area contributed by atoms with Gasteiger partial charge in [-0.1, -0.05) is 62.8 Å². The number of carboxylic acids is 1. The summed E-state index contributed by atoms with van der Waals surface area (Å²) in [6.07, 6.45) is 10.2. The molecule has 0 aliphatic heterocycles. The van der Waals surface area contributed by atoms with Crippen LogP contribution in [0.1, 0.15) is 75.3 Å². The van der Waals surface area contributed by atoms with E-state index in [1.165, 1.54) is 19.3 Å². The molecule has 0 saturated heterocycles. The SMILES string of the molecule is COc1ccc(C2(C#N)CCCCC2)cc1.COc1ccc(C2(C(=O)O)CCCCC2)cc1. The molecule has 2 aliphatic carbocycles. The number of hydrogen-bond donors (Lipinski definition) is 1. The van der Waals surface area contributed by atoms with Crippen molar-refractivity contribution in [3.05, 3.63) is 59.7 Å². The fourth-order valence-corrected chi connectivity index (χ4v) is 5.22.